The van der Waals surface area contributed by atoms with Gasteiger partial charge in [-0.2, -0.15) is 15.3 Å². The molecule has 19 heavy (non-hydrogen) atoms. The number of aryl methyl sites for hydroxylation is 4. The minimum atomic E-state index is 0.0603. The van der Waals surface area contributed by atoms with E-state index >= 15 is 0 Å². The lowest BCUT2D eigenvalue weighted by molar-refractivity contribution is 0.0989. The number of aromatic nitrogens is 4. The van der Waals surface area contributed by atoms with E-state index in [0.29, 0.717) is 17.7 Å². The standard InChI is InChI=1S/C14H18N4O/c1-5-18-12(6-10(3)17-18)8-14(19)13-7-9(2)15-16-11(13)4/h6-7H,5,8H2,1-4H3. The molecule has 2 rings (SSSR count). The van der Waals surface area contributed by atoms with Crippen molar-refractivity contribution in [2.75, 3.05) is 0 Å². The minimum absolute atomic E-state index is 0.0603. The lowest BCUT2D eigenvalue weighted by Crippen LogP contribution is -2.12. The summed E-state index contributed by atoms with van der Waals surface area (Å²) in [4.78, 5) is 12.4. The zero-order chi connectivity index (χ0) is 14.0. The van der Waals surface area contributed by atoms with Crippen LogP contribution in [0.4, 0.5) is 0 Å². The van der Waals surface area contributed by atoms with Crippen molar-refractivity contribution in [2.24, 2.45) is 0 Å². The number of nitrogens with zero attached hydrogens (tertiary/aromatic N) is 4. The van der Waals surface area contributed by atoms with Crippen molar-refractivity contribution < 1.29 is 4.79 Å². The van der Waals surface area contributed by atoms with Gasteiger partial charge in [-0.05, 0) is 39.8 Å². The molecule has 2 aromatic rings. The molecule has 0 unspecified atom stereocenters. The first-order valence-corrected chi connectivity index (χ1v) is 6.38. The minimum Gasteiger partial charge on any atom is -0.294 e. The Morgan fingerprint density at radius 1 is 1.16 bits per heavy atom. The van der Waals surface area contributed by atoms with Gasteiger partial charge in [-0.1, -0.05) is 0 Å². The maximum Gasteiger partial charge on any atom is 0.170 e. The molecule has 0 amide bonds. The summed E-state index contributed by atoms with van der Waals surface area (Å²) < 4.78 is 1.87. The van der Waals surface area contributed by atoms with Crippen molar-refractivity contribution >= 4 is 5.78 Å². The second kappa shape index (κ2) is 5.30. The predicted molar refractivity (Wildman–Crippen MR) is 72.2 cm³/mol. The van der Waals surface area contributed by atoms with Crippen LogP contribution in [0.3, 0.4) is 0 Å². The van der Waals surface area contributed by atoms with Gasteiger partial charge in [0.05, 0.1) is 23.5 Å². The van der Waals surface area contributed by atoms with Crippen LogP contribution in [0.1, 0.15) is 40.1 Å². The second-order valence-corrected chi connectivity index (χ2v) is 4.68. The topological polar surface area (TPSA) is 60.7 Å². The van der Waals surface area contributed by atoms with Crippen molar-refractivity contribution in [1.82, 2.24) is 20.0 Å². The van der Waals surface area contributed by atoms with Crippen LogP contribution < -0.4 is 0 Å². The third kappa shape index (κ3) is 2.86. The number of carbonyl (C=O) groups is 1. The summed E-state index contributed by atoms with van der Waals surface area (Å²) in [6.45, 7) is 8.36. The fraction of sp³-hybridized carbons (Fsp3) is 0.429. The largest absolute Gasteiger partial charge is 0.294 e. The number of carbonyl (C=O) groups excluding carboxylic acids is 1. The van der Waals surface area contributed by atoms with Gasteiger partial charge in [0.25, 0.3) is 0 Å². The Morgan fingerprint density at radius 3 is 2.58 bits per heavy atom. The molecule has 0 spiro atoms. The van der Waals surface area contributed by atoms with E-state index in [1.54, 1.807) is 6.07 Å². The van der Waals surface area contributed by atoms with E-state index in [0.717, 1.165) is 23.6 Å². The van der Waals surface area contributed by atoms with Crippen molar-refractivity contribution in [3.63, 3.8) is 0 Å². The Labute approximate surface area is 112 Å². The summed E-state index contributed by atoms with van der Waals surface area (Å²) in [6, 6.07) is 3.75. The molecular weight excluding hydrogens is 240 g/mol. The normalized spacial score (nSPS) is 10.7. The van der Waals surface area contributed by atoms with Gasteiger partial charge in [0.1, 0.15) is 0 Å². The molecule has 5 heteroatoms. The molecule has 100 valence electrons. The van der Waals surface area contributed by atoms with Crippen molar-refractivity contribution in [3.05, 3.63) is 40.5 Å². The highest BCUT2D eigenvalue weighted by molar-refractivity contribution is 5.98. The monoisotopic (exact) mass is 258 g/mol. The van der Waals surface area contributed by atoms with E-state index in [1.807, 2.05) is 38.4 Å². The first kappa shape index (κ1) is 13.4. The maximum absolute atomic E-state index is 12.4. The Hall–Kier alpha value is -2.04. The molecule has 0 aliphatic heterocycles. The molecule has 0 saturated heterocycles. The molecule has 0 aliphatic rings. The Balaban J connectivity index is 2.27. The van der Waals surface area contributed by atoms with Crippen LogP contribution in [0.15, 0.2) is 12.1 Å². The molecule has 2 heterocycles. The molecule has 0 bridgehead atoms. The average Bonchev–Trinajstić information content (AvgIpc) is 2.72. The van der Waals surface area contributed by atoms with Gasteiger partial charge in [0, 0.05) is 17.8 Å². The highest BCUT2D eigenvalue weighted by atomic mass is 16.1. The third-order valence-corrected chi connectivity index (χ3v) is 3.03. The Bertz CT molecular complexity index is 616. The molecule has 0 saturated carbocycles. The number of hydrogen-bond acceptors (Lipinski definition) is 4. The van der Waals surface area contributed by atoms with Crippen LogP contribution in [0, 0.1) is 20.8 Å². The quantitative estimate of drug-likeness (QED) is 0.787. The lowest BCUT2D eigenvalue weighted by Gasteiger charge is -2.06. The van der Waals surface area contributed by atoms with Gasteiger partial charge in [-0.15, -0.1) is 0 Å². The van der Waals surface area contributed by atoms with E-state index in [4.69, 9.17) is 0 Å². The molecule has 2 aromatic heterocycles. The van der Waals surface area contributed by atoms with Gasteiger partial charge in [-0.25, -0.2) is 0 Å². The number of ketones is 1. The van der Waals surface area contributed by atoms with Crippen LogP contribution in [0.25, 0.3) is 0 Å². The van der Waals surface area contributed by atoms with E-state index in [1.165, 1.54) is 0 Å². The molecule has 0 aromatic carbocycles. The van der Waals surface area contributed by atoms with Crippen LogP contribution in [0.2, 0.25) is 0 Å². The zero-order valence-electron chi connectivity index (χ0n) is 11.8. The number of rotatable bonds is 4. The van der Waals surface area contributed by atoms with Crippen LogP contribution in [-0.2, 0) is 13.0 Å². The van der Waals surface area contributed by atoms with Gasteiger partial charge in [0.2, 0.25) is 0 Å². The van der Waals surface area contributed by atoms with Gasteiger partial charge in [0.15, 0.2) is 5.78 Å². The SMILES string of the molecule is CCn1nc(C)cc1CC(=O)c1cc(C)nnc1C. The second-order valence-electron chi connectivity index (χ2n) is 4.68. The Morgan fingerprint density at radius 2 is 1.89 bits per heavy atom. The van der Waals surface area contributed by atoms with Crippen molar-refractivity contribution in [3.8, 4) is 0 Å². The molecular formula is C14H18N4O. The molecule has 0 fully saturated rings. The van der Waals surface area contributed by atoms with E-state index in [9.17, 15) is 4.79 Å². The molecule has 0 N–H and O–H groups in total. The zero-order valence-corrected chi connectivity index (χ0v) is 11.8. The molecule has 0 aliphatic carbocycles. The summed E-state index contributed by atoms with van der Waals surface area (Å²) in [6.07, 6.45) is 0.348. The first-order chi connectivity index (χ1) is 9.01. The molecule has 5 nitrogen and oxygen atoms in total. The first-order valence-electron chi connectivity index (χ1n) is 6.38. The van der Waals surface area contributed by atoms with E-state index in [-0.39, 0.29) is 5.78 Å². The fourth-order valence-corrected chi connectivity index (χ4v) is 2.11. The van der Waals surface area contributed by atoms with Crippen LogP contribution in [-0.4, -0.2) is 25.8 Å². The molecule has 0 radical (unpaired) electrons. The van der Waals surface area contributed by atoms with Gasteiger partial charge in [-0.3, -0.25) is 9.48 Å². The Kier molecular flexibility index (Phi) is 3.74. The smallest absolute Gasteiger partial charge is 0.170 e. The summed E-state index contributed by atoms with van der Waals surface area (Å²) in [5.41, 5.74) is 3.96. The summed E-state index contributed by atoms with van der Waals surface area (Å²) >= 11 is 0. The van der Waals surface area contributed by atoms with Gasteiger partial charge >= 0.3 is 0 Å². The van der Waals surface area contributed by atoms with E-state index in [2.05, 4.69) is 15.3 Å². The highest BCUT2D eigenvalue weighted by Gasteiger charge is 2.15. The summed E-state index contributed by atoms with van der Waals surface area (Å²) in [5, 5.41) is 12.3. The number of Topliss-reactive ketones (excluding diaryl/α,β-unsaturated/α-hetero) is 1. The summed E-state index contributed by atoms with van der Waals surface area (Å²) in [7, 11) is 0. The number of hydrogen-bond donors (Lipinski definition) is 0. The fourth-order valence-electron chi connectivity index (χ4n) is 2.11. The predicted octanol–water partition coefficient (Wildman–Crippen LogP) is 2.04. The van der Waals surface area contributed by atoms with E-state index < -0.39 is 0 Å². The van der Waals surface area contributed by atoms with Crippen LogP contribution >= 0.6 is 0 Å². The highest BCUT2D eigenvalue weighted by Crippen LogP contribution is 2.12. The summed E-state index contributed by atoms with van der Waals surface area (Å²) in [5.74, 6) is 0.0603. The molecule has 0 atom stereocenters. The maximum atomic E-state index is 12.4. The van der Waals surface area contributed by atoms with Crippen molar-refractivity contribution in [2.45, 2.75) is 40.7 Å². The van der Waals surface area contributed by atoms with Gasteiger partial charge < -0.3 is 0 Å². The van der Waals surface area contributed by atoms with Crippen molar-refractivity contribution in [1.29, 1.82) is 0 Å². The van der Waals surface area contributed by atoms with Crippen LogP contribution in [0.5, 0.6) is 0 Å². The third-order valence-electron chi connectivity index (χ3n) is 3.03. The lowest BCUT2D eigenvalue weighted by atomic mass is 10.1. The average molecular weight is 258 g/mol.